The summed E-state index contributed by atoms with van der Waals surface area (Å²) in [7, 11) is 4.19. The van der Waals surface area contributed by atoms with Crippen molar-refractivity contribution in [3.63, 3.8) is 0 Å². The van der Waals surface area contributed by atoms with Crippen LogP contribution in [-0.4, -0.2) is 62.6 Å². The third kappa shape index (κ3) is 4.15. The van der Waals surface area contributed by atoms with E-state index in [0.717, 1.165) is 58.5 Å². The van der Waals surface area contributed by atoms with Crippen molar-refractivity contribution in [2.45, 2.75) is 44.1 Å². The van der Waals surface area contributed by atoms with Gasteiger partial charge in [0.15, 0.2) is 0 Å². The standard InChI is InChI=1S/C15H30N2O2/c1-16-11-14(7-9-19-10-8-14)12-17(2)13-15(18)5-3-4-6-15/h16,18H,3-13H2,1-2H3. The third-order valence-electron chi connectivity index (χ3n) is 4.81. The Labute approximate surface area is 117 Å². The van der Waals surface area contributed by atoms with Crippen molar-refractivity contribution in [1.82, 2.24) is 10.2 Å². The normalized spacial score (nSPS) is 25.9. The van der Waals surface area contributed by atoms with Crippen molar-refractivity contribution < 1.29 is 9.84 Å². The second kappa shape index (κ2) is 6.53. The fraction of sp³-hybridized carbons (Fsp3) is 1.00. The minimum Gasteiger partial charge on any atom is -0.389 e. The summed E-state index contributed by atoms with van der Waals surface area (Å²) in [6.45, 7) is 4.66. The molecule has 0 aromatic heterocycles. The highest BCUT2D eigenvalue weighted by molar-refractivity contribution is 4.91. The van der Waals surface area contributed by atoms with Gasteiger partial charge in [-0.1, -0.05) is 12.8 Å². The highest BCUT2D eigenvalue weighted by atomic mass is 16.5. The van der Waals surface area contributed by atoms with Crippen molar-refractivity contribution >= 4 is 0 Å². The average molecular weight is 270 g/mol. The predicted molar refractivity (Wildman–Crippen MR) is 77.3 cm³/mol. The molecule has 0 amide bonds. The molecule has 1 aliphatic heterocycles. The summed E-state index contributed by atoms with van der Waals surface area (Å²) in [6, 6.07) is 0. The largest absolute Gasteiger partial charge is 0.389 e. The Kier molecular flexibility index (Phi) is 5.23. The zero-order valence-corrected chi connectivity index (χ0v) is 12.6. The van der Waals surface area contributed by atoms with Crippen molar-refractivity contribution in [3.8, 4) is 0 Å². The molecule has 2 rings (SSSR count). The number of likely N-dealkylation sites (N-methyl/N-ethyl adjacent to an activating group) is 1. The molecule has 112 valence electrons. The number of aliphatic hydroxyl groups is 1. The average Bonchev–Trinajstić information content (AvgIpc) is 2.76. The molecule has 2 aliphatic rings. The van der Waals surface area contributed by atoms with E-state index in [9.17, 15) is 5.11 Å². The van der Waals surface area contributed by atoms with Gasteiger partial charge >= 0.3 is 0 Å². The van der Waals surface area contributed by atoms with Crippen LogP contribution in [0.1, 0.15) is 38.5 Å². The molecular formula is C15H30N2O2. The number of nitrogens with one attached hydrogen (secondary N) is 1. The maximum absolute atomic E-state index is 10.5. The molecule has 1 saturated heterocycles. The van der Waals surface area contributed by atoms with Gasteiger partial charge in [0.25, 0.3) is 0 Å². The molecule has 4 nitrogen and oxygen atoms in total. The fourth-order valence-electron chi connectivity index (χ4n) is 3.89. The number of ether oxygens (including phenoxy) is 1. The lowest BCUT2D eigenvalue weighted by Crippen LogP contribution is -2.49. The first-order chi connectivity index (χ1) is 9.08. The molecule has 0 atom stereocenters. The summed E-state index contributed by atoms with van der Waals surface area (Å²) in [5.41, 5.74) is -0.114. The molecule has 0 bridgehead atoms. The number of nitrogens with zero attached hydrogens (tertiary/aromatic N) is 1. The predicted octanol–water partition coefficient (Wildman–Crippen LogP) is 1.24. The van der Waals surface area contributed by atoms with Crippen LogP contribution in [0.2, 0.25) is 0 Å². The highest BCUT2D eigenvalue weighted by Crippen LogP contribution is 2.33. The molecular weight excluding hydrogens is 240 g/mol. The van der Waals surface area contributed by atoms with E-state index in [1.165, 1.54) is 12.8 Å². The van der Waals surface area contributed by atoms with Gasteiger partial charge in [-0.3, -0.25) is 0 Å². The van der Waals surface area contributed by atoms with Gasteiger partial charge in [-0.05, 0) is 45.2 Å². The number of hydrogen-bond donors (Lipinski definition) is 2. The molecule has 0 aromatic carbocycles. The van der Waals surface area contributed by atoms with Gasteiger partial charge < -0.3 is 20.1 Å². The first-order valence-electron chi connectivity index (χ1n) is 7.71. The second-order valence-corrected chi connectivity index (χ2v) is 6.75. The maximum Gasteiger partial charge on any atom is 0.0774 e. The third-order valence-corrected chi connectivity index (χ3v) is 4.81. The minimum absolute atomic E-state index is 0.316. The summed E-state index contributed by atoms with van der Waals surface area (Å²) in [5.74, 6) is 0. The van der Waals surface area contributed by atoms with E-state index in [0.29, 0.717) is 5.41 Å². The lowest BCUT2D eigenvalue weighted by atomic mass is 9.79. The molecule has 1 aliphatic carbocycles. The number of rotatable bonds is 6. The van der Waals surface area contributed by atoms with E-state index in [2.05, 4.69) is 17.3 Å². The summed E-state index contributed by atoms with van der Waals surface area (Å²) in [6.07, 6.45) is 6.55. The molecule has 0 spiro atoms. The summed E-state index contributed by atoms with van der Waals surface area (Å²) in [5, 5.41) is 13.9. The van der Waals surface area contributed by atoms with E-state index in [-0.39, 0.29) is 0 Å². The van der Waals surface area contributed by atoms with Gasteiger partial charge in [-0.15, -0.1) is 0 Å². The van der Waals surface area contributed by atoms with Crippen LogP contribution >= 0.6 is 0 Å². The second-order valence-electron chi connectivity index (χ2n) is 6.75. The Morgan fingerprint density at radius 3 is 2.32 bits per heavy atom. The van der Waals surface area contributed by atoms with E-state index < -0.39 is 5.60 Å². The van der Waals surface area contributed by atoms with Crippen LogP contribution in [0.25, 0.3) is 0 Å². The molecule has 0 unspecified atom stereocenters. The Balaban J connectivity index is 1.89. The lowest BCUT2D eigenvalue weighted by molar-refractivity contribution is -0.0250. The Morgan fingerprint density at radius 2 is 1.74 bits per heavy atom. The monoisotopic (exact) mass is 270 g/mol. The van der Waals surface area contributed by atoms with Crippen LogP contribution in [0.15, 0.2) is 0 Å². The zero-order chi connectivity index (χ0) is 13.8. The van der Waals surface area contributed by atoms with Gasteiger partial charge in [-0.25, -0.2) is 0 Å². The number of hydrogen-bond acceptors (Lipinski definition) is 4. The van der Waals surface area contributed by atoms with Gasteiger partial charge in [0.2, 0.25) is 0 Å². The van der Waals surface area contributed by atoms with Crippen LogP contribution < -0.4 is 5.32 Å². The van der Waals surface area contributed by atoms with Gasteiger partial charge in [-0.2, -0.15) is 0 Å². The Bertz CT molecular complexity index is 266. The maximum atomic E-state index is 10.5. The molecule has 2 fully saturated rings. The molecule has 2 N–H and O–H groups in total. The van der Waals surface area contributed by atoms with E-state index in [1.807, 2.05) is 7.05 Å². The zero-order valence-electron chi connectivity index (χ0n) is 12.6. The van der Waals surface area contributed by atoms with Crippen LogP contribution in [0.5, 0.6) is 0 Å². The van der Waals surface area contributed by atoms with Crippen molar-refractivity contribution in [2.24, 2.45) is 5.41 Å². The summed E-state index contributed by atoms with van der Waals surface area (Å²) < 4.78 is 5.51. The summed E-state index contributed by atoms with van der Waals surface area (Å²) >= 11 is 0. The Hall–Kier alpha value is -0.160. The van der Waals surface area contributed by atoms with Crippen LogP contribution in [0.3, 0.4) is 0 Å². The fourth-order valence-corrected chi connectivity index (χ4v) is 3.89. The lowest BCUT2D eigenvalue weighted by Gasteiger charge is -2.41. The van der Waals surface area contributed by atoms with Crippen molar-refractivity contribution in [2.75, 3.05) is 46.9 Å². The van der Waals surface area contributed by atoms with E-state index in [1.54, 1.807) is 0 Å². The van der Waals surface area contributed by atoms with Crippen molar-refractivity contribution in [1.29, 1.82) is 0 Å². The quantitative estimate of drug-likeness (QED) is 0.762. The first kappa shape index (κ1) is 15.2. The summed E-state index contributed by atoms with van der Waals surface area (Å²) in [4.78, 5) is 2.34. The topological polar surface area (TPSA) is 44.7 Å². The Morgan fingerprint density at radius 1 is 1.11 bits per heavy atom. The molecule has 19 heavy (non-hydrogen) atoms. The van der Waals surface area contributed by atoms with Gasteiger partial charge in [0.05, 0.1) is 5.60 Å². The van der Waals surface area contributed by atoms with Crippen LogP contribution in [0.4, 0.5) is 0 Å². The molecule has 1 heterocycles. The van der Waals surface area contributed by atoms with E-state index >= 15 is 0 Å². The molecule has 1 saturated carbocycles. The van der Waals surface area contributed by atoms with Crippen LogP contribution in [0, 0.1) is 5.41 Å². The molecule has 0 radical (unpaired) electrons. The highest BCUT2D eigenvalue weighted by Gasteiger charge is 2.37. The first-order valence-corrected chi connectivity index (χ1v) is 7.71. The molecule has 0 aromatic rings. The molecule has 4 heteroatoms. The van der Waals surface area contributed by atoms with Crippen molar-refractivity contribution in [3.05, 3.63) is 0 Å². The smallest absolute Gasteiger partial charge is 0.0774 e. The van der Waals surface area contributed by atoms with E-state index in [4.69, 9.17) is 4.74 Å². The SMILES string of the molecule is CNCC1(CN(C)CC2(O)CCCC2)CCOCC1. The minimum atomic E-state index is -0.430. The van der Waals surface area contributed by atoms with Crippen LogP contribution in [-0.2, 0) is 4.74 Å². The van der Waals surface area contributed by atoms with Gasteiger partial charge in [0, 0.05) is 32.8 Å². The van der Waals surface area contributed by atoms with Gasteiger partial charge in [0.1, 0.15) is 0 Å².